The molecule has 0 radical (unpaired) electrons. The summed E-state index contributed by atoms with van der Waals surface area (Å²) in [4.78, 5) is 51.3. The molecule has 0 aromatic carbocycles. The van der Waals surface area contributed by atoms with Crippen LogP contribution in [0.25, 0.3) is 0 Å². The third-order valence-corrected chi connectivity index (χ3v) is 5.04. The van der Waals surface area contributed by atoms with E-state index in [0.717, 1.165) is 11.3 Å². The predicted octanol–water partition coefficient (Wildman–Crippen LogP) is 3.04. The molecule has 0 aliphatic heterocycles. The molecular weight excluding hydrogens is 430 g/mol. The van der Waals surface area contributed by atoms with Gasteiger partial charge in [0, 0.05) is 6.92 Å². The van der Waals surface area contributed by atoms with Crippen molar-refractivity contribution in [2.45, 2.75) is 27.7 Å². The number of amides is 1. The summed E-state index contributed by atoms with van der Waals surface area (Å²) in [7, 11) is 0. The molecule has 31 heavy (non-hydrogen) atoms. The Bertz CT molecular complexity index is 1020. The highest BCUT2D eigenvalue weighted by Crippen LogP contribution is 2.34. The first-order valence-corrected chi connectivity index (χ1v) is 10.0. The molecule has 2 heterocycles. The van der Waals surface area contributed by atoms with Crippen LogP contribution >= 0.6 is 11.3 Å². The fourth-order valence-corrected chi connectivity index (χ4v) is 3.63. The fraction of sp³-hybridized carbons (Fsp3) is 0.368. The lowest BCUT2D eigenvalue weighted by Gasteiger charge is -2.08. The Morgan fingerprint density at radius 2 is 1.77 bits per heavy atom. The third kappa shape index (κ3) is 5.75. The third-order valence-electron chi connectivity index (χ3n) is 3.85. The molecule has 0 fully saturated rings. The minimum absolute atomic E-state index is 0.0336. The van der Waals surface area contributed by atoms with Crippen molar-refractivity contribution < 1.29 is 33.5 Å². The van der Waals surface area contributed by atoms with E-state index in [4.69, 9.17) is 14.2 Å². The Morgan fingerprint density at radius 1 is 1.13 bits per heavy atom. The number of aromatic nitrogens is 1. The predicted molar refractivity (Wildman–Crippen MR) is 111 cm³/mol. The number of pyridine rings is 1. The van der Waals surface area contributed by atoms with Crippen LogP contribution in [0.4, 0.5) is 10.8 Å². The molecule has 0 saturated carbocycles. The van der Waals surface area contributed by atoms with Gasteiger partial charge in [-0.25, -0.2) is 9.59 Å². The number of ether oxygens (including phenoxy) is 3. The van der Waals surface area contributed by atoms with Crippen LogP contribution in [0.5, 0.6) is 5.75 Å². The van der Waals surface area contributed by atoms with Crippen molar-refractivity contribution in [1.82, 2.24) is 4.98 Å². The zero-order valence-electron chi connectivity index (χ0n) is 17.3. The summed E-state index contributed by atoms with van der Waals surface area (Å²) in [6, 6.07) is 2.85. The average Bonchev–Trinajstić information content (AvgIpc) is 3.03. The molecule has 0 bridgehead atoms. The summed E-state index contributed by atoms with van der Waals surface area (Å²) < 4.78 is 15.2. The minimum Gasteiger partial charge on any atom is -0.476 e. The smallest absolute Gasteiger partial charge is 0.406 e. The summed E-state index contributed by atoms with van der Waals surface area (Å²) >= 11 is 0.865. The molecule has 2 rings (SSSR count). The fourth-order valence-electron chi connectivity index (χ4n) is 2.52. The average molecular weight is 451 g/mol. The quantitative estimate of drug-likeness (QED) is 0.345. The van der Waals surface area contributed by atoms with Crippen LogP contribution in [0, 0.1) is 24.0 Å². The highest BCUT2D eigenvalue weighted by atomic mass is 32.1. The van der Waals surface area contributed by atoms with Crippen LogP contribution < -0.4 is 10.1 Å². The number of nitro groups is 1. The van der Waals surface area contributed by atoms with Gasteiger partial charge in [-0.2, -0.15) is 0 Å². The molecule has 0 atom stereocenters. The summed E-state index contributed by atoms with van der Waals surface area (Å²) in [5, 5.41) is 13.7. The largest absolute Gasteiger partial charge is 0.476 e. The number of rotatable bonds is 9. The van der Waals surface area contributed by atoms with E-state index >= 15 is 0 Å². The van der Waals surface area contributed by atoms with Crippen molar-refractivity contribution in [3.05, 3.63) is 43.9 Å². The van der Waals surface area contributed by atoms with Gasteiger partial charge < -0.3 is 29.6 Å². The number of hydrogen-bond acceptors (Lipinski definition) is 10. The highest BCUT2D eigenvalue weighted by molar-refractivity contribution is 7.18. The van der Waals surface area contributed by atoms with E-state index in [9.17, 15) is 24.5 Å². The summed E-state index contributed by atoms with van der Waals surface area (Å²) in [6.45, 7) is 6.06. The molecule has 11 nitrogen and oxygen atoms in total. The van der Waals surface area contributed by atoms with Gasteiger partial charge in [-0.3, -0.25) is 4.79 Å². The Morgan fingerprint density at radius 3 is 2.39 bits per heavy atom. The lowest BCUT2D eigenvalue weighted by molar-refractivity contribution is -0.390. The van der Waals surface area contributed by atoms with E-state index in [-0.39, 0.29) is 34.4 Å². The number of esters is 2. The SMILES string of the molecule is CCOC(=O)c1sc(NC(=O)COc2ccc(C)nc2[N+](=O)[O-])c(C(=O)OCC)c1C. The zero-order valence-corrected chi connectivity index (χ0v) is 18.2. The second kappa shape index (κ2) is 10.5. The van der Waals surface area contributed by atoms with Crippen LogP contribution in [0.3, 0.4) is 0 Å². The molecule has 166 valence electrons. The number of nitrogens with one attached hydrogen (secondary N) is 1. The van der Waals surface area contributed by atoms with Crippen molar-refractivity contribution in [2.75, 3.05) is 25.1 Å². The molecule has 0 spiro atoms. The Labute approximate surface area is 181 Å². The summed E-state index contributed by atoms with van der Waals surface area (Å²) in [5.74, 6) is -2.73. The van der Waals surface area contributed by atoms with E-state index in [0.29, 0.717) is 11.3 Å². The second-order valence-electron chi connectivity index (χ2n) is 6.07. The van der Waals surface area contributed by atoms with Gasteiger partial charge in [0.05, 0.1) is 18.8 Å². The monoisotopic (exact) mass is 451 g/mol. The number of aryl methyl sites for hydroxylation is 1. The van der Waals surface area contributed by atoms with E-state index < -0.39 is 35.2 Å². The van der Waals surface area contributed by atoms with Gasteiger partial charge in [0.15, 0.2) is 6.61 Å². The number of nitrogens with zero attached hydrogens (tertiary/aromatic N) is 2. The van der Waals surface area contributed by atoms with Gasteiger partial charge in [-0.15, -0.1) is 11.3 Å². The van der Waals surface area contributed by atoms with Crippen molar-refractivity contribution in [1.29, 1.82) is 0 Å². The van der Waals surface area contributed by atoms with Gasteiger partial charge in [0.25, 0.3) is 5.91 Å². The van der Waals surface area contributed by atoms with Gasteiger partial charge in [-0.1, -0.05) is 0 Å². The minimum atomic E-state index is -0.715. The lowest BCUT2D eigenvalue weighted by atomic mass is 10.1. The normalized spacial score (nSPS) is 10.3. The van der Waals surface area contributed by atoms with Crippen molar-refractivity contribution >= 4 is 40.0 Å². The first kappa shape index (κ1) is 23.7. The molecule has 2 aromatic rings. The van der Waals surface area contributed by atoms with E-state index in [2.05, 4.69) is 10.3 Å². The maximum absolute atomic E-state index is 12.4. The maximum atomic E-state index is 12.4. The number of anilines is 1. The van der Waals surface area contributed by atoms with Crippen molar-refractivity contribution in [3.63, 3.8) is 0 Å². The topological polar surface area (TPSA) is 147 Å². The van der Waals surface area contributed by atoms with Gasteiger partial charge in [0.1, 0.15) is 15.6 Å². The molecule has 0 aliphatic carbocycles. The van der Waals surface area contributed by atoms with Crippen LogP contribution in [0.15, 0.2) is 12.1 Å². The maximum Gasteiger partial charge on any atom is 0.406 e. The molecule has 12 heteroatoms. The second-order valence-corrected chi connectivity index (χ2v) is 7.09. The standard InChI is InChI=1S/C19H21N3O8S/c1-5-28-18(24)14-11(4)15(19(25)29-6-2)31-17(14)21-13(23)9-30-12-8-7-10(3)20-16(12)22(26)27/h7-8H,5-6,9H2,1-4H3,(H,21,23). The van der Waals surface area contributed by atoms with E-state index in [1.807, 2.05) is 0 Å². The highest BCUT2D eigenvalue weighted by Gasteiger charge is 2.27. The van der Waals surface area contributed by atoms with E-state index in [1.54, 1.807) is 27.7 Å². The molecule has 2 aromatic heterocycles. The van der Waals surface area contributed by atoms with Crippen LogP contribution in [0.2, 0.25) is 0 Å². The Balaban J connectivity index is 2.24. The first-order chi connectivity index (χ1) is 14.7. The van der Waals surface area contributed by atoms with E-state index in [1.165, 1.54) is 12.1 Å². The van der Waals surface area contributed by atoms with Crippen molar-refractivity contribution in [2.24, 2.45) is 0 Å². The zero-order chi connectivity index (χ0) is 23.1. The number of carbonyl (C=O) groups is 3. The lowest BCUT2D eigenvalue weighted by Crippen LogP contribution is -2.21. The summed E-state index contributed by atoms with van der Waals surface area (Å²) in [5.41, 5.74) is 0.769. The molecule has 1 amide bonds. The Kier molecular flexibility index (Phi) is 8.02. The number of hydrogen-bond donors (Lipinski definition) is 1. The van der Waals surface area contributed by atoms with Gasteiger partial charge >= 0.3 is 17.8 Å². The van der Waals surface area contributed by atoms with Crippen LogP contribution in [-0.2, 0) is 14.3 Å². The van der Waals surface area contributed by atoms with Crippen molar-refractivity contribution in [3.8, 4) is 5.75 Å². The van der Waals surface area contributed by atoms with Gasteiger partial charge in [-0.05, 0) is 48.4 Å². The first-order valence-electron chi connectivity index (χ1n) is 9.21. The molecule has 1 N–H and O–H groups in total. The number of thiophene rings is 1. The molecule has 0 aliphatic rings. The molecular formula is C19H21N3O8S. The van der Waals surface area contributed by atoms with Crippen LogP contribution in [0.1, 0.15) is 45.1 Å². The molecule has 0 unspecified atom stereocenters. The molecule has 0 saturated heterocycles. The Hall–Kier alpha value is -3.54. The summed E-state index contributed by atoms with van der Waals surface area (Å²) in [6.07, 6.45) is 0. The van der Waals surface area contributed by atoms with Crippen LogP contribution in [-0.4, -0.2) is 47.6 Å². The number of carbonyl (C=O) groups excluding carboxylic acids is 3. The van der Waals surface area contributed by atoms with Gasteiger partial charge in [0.2, 0.25) is 5.75 Å².